The van der Waals surface area contributed by atoms with Gasteiger partial charge < -0.3 is 5.32 Å². The number of benzene rings is 1. The number of hydrogen-bond acceptors (Lipinski definition) is 4. The maximum atomic E-state index is 12.2. The van der Waals surface area contributed by atoms with Crippen LogP contribution in [0, 0.1) is 0 Å². The standard InChI is InChI=1S/C17H14ClN3O3/c1-10(11-4-6-12(18)7-5-11)20-14(22)9-21-16(23)13-3-2-8-19-15(13)17(21)24/h2-8,10H,9H2,1H3,(H,20,22)/t10-/m0/s1. The van der Waals surface area contributed by atoms with Crippen molar-refractivity contribution in [3.05, 3.63) is 64.4 Å². The summed E-state index contributed by atoms with van der Waals surface area (Å²) in [5.74, 6) is -1.48. The molecular weight excluding hydrogens is 330 g/mol. The molecule has 24 heavy (non-hydrogen) atoms. The molecule has 0 fully saturated rings. The van der Waals surface area contributed by atoms with Crippen molar-refractivity contribution in [2.24, 2.45) is 0 Å². The highest BCUT2D eigenvalue weighted by Gasteiger charge is 2.37. The first-order chi connectivity index (χ1) is 11.5. The lowest BCUT2D eigenvalue weighted by Gasteiger charge is -2.17. The molecule has 2 heterocycles. The number of hydrogen-bond donors (Lipinski definition) is 1. The second-order valence-electron chi connectivity index (χ2n) is 5.44. The van der Waals surface area contributed by atoms with E-state index in [1.807, 2.05) is 6.92 Å². The molecule has 6 nitrogen and oxygen atoms in total. The fraction of sp³-hybridized carbons (Fsp3) is 0.176. The average Bonchev–Trinajstić information content (AvgIpc) is 2.81. The van der Waals surface area contributed by atoms with Crippen molar-refractivity contribution in [2.45, 2.75) is 13.0 Å². The molecule has 0 spiro atoms. The first kappa shape index (κ1) is 16.1. The summed E-state index contributed by atoms with van der Waals surface area (Å²) in [6.07, 6.45) is 1.44. The smallest absolute Gasteiger partial charge is 0.280 e. The molecule has 0 saturated heterocycles. The van der Waals surface area contributed by atoms with Crippen LogP contribution in [-0.2, 0) is 4.79 Å². The minimum absolute atomic E-state index is 0.0843. The summed E-state index contributed by atoms with van der Waals surface area (Å²) in [7, 11) is 0. The lowest BCUT2D eigenvalue weighted by molar-refractivity contribution is -0.122. The van der Waals surface area contributed by atoms with E-state index in [0.717, 1.165) is 10.5 Å². The number of halogens is 1. The Labute approximate surface area is 143 Å². The number of nitrogens with zero attached hydrogens (tertiary/aromatic N) is 2. The molecule has 1 aliphatic heterocycles. The van der Waals surface area contributed by atoms with Crippen molar-refractivity contribution < 1.29 is 14.4 Å². The topological polar surface area (TPSA) is 79.4 Å². The second kappa shape index (κ2) is 6.41. The number of carbonyl (C=O) groups is 3. The Morgan fingerprint density at radius 1 is 1.21 bits per heavy atom. The lowest BCUT2D eigenvalue weighted by atomic mass is 10.1. The molecular formula is C17H14ClN3O3. The van der Waals surface area contributed by atoms with Crippen LogP contribution in [0.25, 0.3) is 0 Å². The fourth-order valence-electron chi connectivity index (χ4n) is 2.52. The molecule has 0 unspecified atom stereocenters. The zero-order valence-electron chi connectivity index (χ0n) is 12.8. The van der Waals surface area contributed by atoms with E-state index < -0.39 is 17.7 Å². The number of fused-ring (bicyclic) bond motifs is 1. The lowest BCUT2D eigenvalue weighted by Crippen LogP contribution is -2.41. The van der Waals surface area contributed by atoms with Gasteiger partial charge in [0.15, 0.2) is 0 Å². The molecule has 0 radical (unpaired) electrons. The van der Waals surface area contributed by atoms with Gasteiger partial charge in [-0.2, -0.15) is 0 Å². The first-order valence-electron chi connectivity index (χ1n) is 7.33. The van der Waals surface area contributed by atoms with Crippen LogP contribution in [0.15, 0.2) is 42.6 Å². The number of rotatable bonds is 4. The van der Waals surface area contributed by atoms with Gasteiger partial charge >= 0.3 is 0 Å². The van der Waals surface area contributed by atoms with Crippen LogP contribution < -0.4 is 5.32 Å². The van der Waals surface area contributed by atoms with Gasteiger partial charge in [0.05, 0.1) is 11.6 Å². The molecule has 0 aliphatic carbocycles. The number of nitrogens with one attached hydrogen (secondary N) is 1. The SMILES string of the molecule is C[C@H](NC(=O)CN1C(=O)c2cccnc2C1=O)c1ccc(Cl)cc1. The van der Waals surface area contributed by atoms with Crippen molar-refractivity contribution in [2.75, 3.05) is 6.54 Å². The van der Waals surface area contributed by atoms with E-state index in [1.54, 1.807) is 30.3 Å². The molecule has 122 valence electrons. The van der Waals surface area contributed by atoms with Crippen molar-refractivity contribution in [3.63, 3.8) is 0 Å². The maximum absolute atomic E-state index is 12.2. The monoisotopic (exact) mass is 343 g/mol. The second-order valence-corrected chi connectivity index (χ2v) is 5.87. The highest BCUT2D eigenvalue weighted by Crippen LogP contribution is 2.20. The molecule has 1 aromatic heterocycles. The van der Waals surface area contributed by atoms with E-state index in [9.17, 15) is 14.4 Å². The van der Waals surface area contributed by atoms with E-state index in [0.29, 0.717) is 5.02 Å². The quantitative estimate of drug-likeness (QED) is 0.863. The fourth-order valence-corrected chi connectivity index (χ4v) is 2.65. The summed E-state index contributed by atoms with van der Waals surface area (Å²) < 4.78 is 0. The summed E-state index contributed by atoms with van der Waals surface area (Å²) >= 11 is 5.84. The Bertz CT molecular complexity index is 785. The molecule has 1 aromatic carbocycles. The van der Waals surface area contributed by atoms with Crippen LogP contribution in [-0.4, -0.2) is 34.2 Å². The van der Waals surface area contributed by atoms with Crippen molar-refractivity contribution >= 4 is 29.3 Å². The molecule has 2 aromatic rings. The third-order valence-corrected chi connectivity index (χ3v) is 4.03. The molecule has 0 saturated carbocycles. The van der Waals surface area contributed by atoms with Gasteiger partial charge in [-0.3, -0.25) is 24.3 Å². The highest BCUT2D eigenvalue weighted by molar-refractivity contribution is 6.30. The van der Waals surface area contributed by atoms with Gasteiger partial charge in [0.1, 0.15) is 12.2 Å². The third-order valence-electron chi connectivity index (χ3n) is 3.78. The van der Waals surface area contributed by atoms with Crippen molar-refractivity contribution in [3.8, 4) is 0 Å². The molecule has 1 atom stereocenters. The normalized spacial score (nSPS) is 14.5. The molecule has 3 rings (SSSR count). The summed E-state index contributed by atoms with van der Waals surface area (Å²) in [6, 6.07) is 9.90. The van der Waals surface area contributed by atoms with Gasteiger partial charge in [-0.15, -0.1) is 0 Å². The van der Waals surface area contributed by atoms with Crippen LogP contribution >= 0.6 is 11.6 Å². The van der Waals surface area contributed by atoms with E-state index in [1.165, 1.54) is 12.3 Å². The number of aromatic nitrogens is 1. The zero-order chi connectivity index (χ0) is 17.3. The number of imide groups is 1. The van der Waals surface area contributed by atoms with Gasteiger partial charge in [-0.05, 0) is 36.8 Å². The van der Waals surface area contributed by atoms with E-state index >= 15 is 0 Å². The highest BCUT2D eigenvalue weighted by atomic mass is 35.5. The number of amides is 3. The molecule has 1 N–H and O–H groups in total. The molecule has 1 aliphatic rings. The molecule has 0 bridgehead atoms. The third kappa shape index (κ3) is 3.00. The Morgan fingerprint density at radius 3 is 2.58 bits per heavy atom. The summed E-state index contributed by atoms with van der Waals surface area (Å²) in [6.45, 7) is 1.47. The van der Waals surface area contributed by atoms with Gasteiger partial charge in [0.25, 0.3) is 11.8 Å². The van der Waals surface area contributed by atoms with Crippen LogP contribution in [0.4, 0.5) is 0 Å². The van der Waals surface area contributed by atoms with Gasteiger partial charge in [0, 0.05) is 11.2 Å². The van der Waals surface area contributed by atoms with Crippen LogP contribution in [0.1, 0.15) is 39.4 Å². The van der Waals surface area contributed by atoms with Gasteiger partial charge in [-0.25, -0.2) is 0 Å². The molecule has 3 amide bonds. The van der Waals surface area contributed by atoms with Crippen LogP contribution in [0.3, 0.4) is 0 Å². The van der Waals surface area contributed by atoms with E-state index in [2.05, 4.69) is 10.3 Å². The predicted octanol–water partition coefficient (Wildman–Crippen LogP) is 2.21. The first-order valence-corrected chi connectivity index (χ1v) is 7.71. The van der Waals surface area contributed by atoms with Crippen molar-refractivity contribution in [1.82, 2.24) is 15.2 Å². The minimum Gasteiger partial charge on any atom is -0.348 e. The Hall–Kier alpha value is -2.73. The predicted molar refractivity (Wildman–Crippen MR) is 87.6 cm³/mol. The van der Waals surface area contributed by atoms with Crippen LogP contribution in [0.5, 0.6) is 0 Å². The van der Waals surface area contributed by atoms with Crippen molar-refractivity contribution in [1.29, 1.82) is 0 Å². The number of carbonyl (C=O) groups excluding carboxylic acids is 3. The van der Waals surface area contributed by atoms with Crippen LogP contribution in [0.2, 0.25) is 5.02 Å². The zero-order valence-corrected chi connectivity index (χ0v) is 13.6. The largest absolute Gasteiger partial charge is 0.348 e. The average molecular weight is 344 g/mol. The van der Waals surface area contributed by atoms with E-state index in [4.69, 9.17) is 11.6 Å². The maximum Gasteiger partial charge on any atom is 0.280 e. The Kier molecular flexibility index (Phi) is 4.31. The Morgan fingerprint density at radius 2 is 1.92 bits per heavy atom. The van der Waals surface area contributed by atoms with Gasteiger partial charge in [0.2, 0.25) is 5.91 Å². The molecule has 7 heteroatoms. The van der Waals surface area contributed by atoms with Gasteiger partial charge in [-0.1, -0.05) is 23.7 Å². The van der Waals surface area contributed by atoms with E-state index in [-0.39, 0.29) is 23.8 Å². The number of pyridine rings is 1. The summed E-state index contributed by atoms with van der Waals surface area (Å²) in [4.78, 5) is 41.4. The summed E-state index contributed by atoms with van der Waals surface area (Å²) in [5, 5.41) is 3.37. The minimum atomic E-state index is -0.551. The summed E-state index contributed by atoms with van der Waals surface area (Å²) in [5.41, 5.74) is 1.18. The Balaban J connectivity index is 1.66.